The molecule has 0 aliphatic carbocycles. The number of aldehydes is 1. The van der Waals surface area contributed by atoms with Crippen molar-refractivity contribution in [1.82, 2.24) is 9.80 Å². The lowest BCUT2D eigenvalue weighted by Crippen LogP contribution is -2.40. The Bertz CT molecular complexity index is 738. The van der Waals surface area contributed by atoms with Gasteiger partial charge in [-0.05, 0) is 35.8 Å². The van der Waals surface area contributed by atoms with Gasteiger partial charge in [-0.3, -0.25) is 4.79 Å². The number of ether oxygens (including phenoxy) is 1. The number of hydrogen-bond acceptors (Lipinski definition) is 4. The zero-order chi connectivity index (χ0) is 20.2. The first-order valence-corrected chi connectivity index (χ1v) is 10.2. The third-order valence-electron chi connectivity index (χ3n) is 5.08. The second-order valence-electron chi connectivity index (χ2n) is 6.78. The Hall–Kier alpha value is -2.24. The van der Waals surface area contributed by atoms with Crippen molar-refractivity contribution in [3.05, 3.63) is 48.0 Å². The van der Waals surface area contributed by atoms with Crippen LogP contribution in [-0.4, -0.2) is 67.9 Å². The van der Waals surface area contributed by atoms with E-state index in [1.807, 2.05) is 12.1 Å². The van der Waals surface area contributed by atoms with E-state index < -0.39 is 0 Å². The maximum Gasteiger partial charge on any atom is 0.225 e. The molecule has 0 N–H and O–H groups in total. The molecule has 5 nitrogen and oxygen atoms in total. The molecule has 5 heteroatoms. The fraction of sp³-hybridized carbons (Fsp3) is 0.478. The molecule has 0 spiro atoms. The van der Waals surface area contributed by atoms with Crippen LogP contribution in [0.15, 0.2) is 42.5 Å². The van der Waals surface area contributed by atoms with Gasteiger partial charge in [-0.2, -0.15) is 0 Å². The summed E-state index contributed by atoms with van der Waals surface area (Å²) >= 11 is 0. The molecule has 152 valence electrons. The second kappa shape index (κ2) is 12.3. The van der Waals surface area contributed by atoms with Crippen molar-refractivity contribution in [2.45, 2.75) is 26.7 Å². The second-order valence-corrected chi connectivity index (χ2v) is 6.78. The van der Waals surface area contributed by atoms with E-state index in [1.54, 1.807) is 4.90 Å². The molecule has 0 aliphatic rings. The first-order chi connectivity index (χ1) is 13.7. The zero-order valence-corrected chi connectivity index (χ0v) is 17.1. The summed E-state index contributed by atoms with van der Waals surface area (Å²) in [7, 11) is 0. The summed E-state index contributed by atoms with van der Waals surface area (Å²) in [6.45, 7) is 8.55. The Balaban J connectivity index is 1.74. The average Bonchev–Trinajstić information content (AvgIpc) is 2.73. The average molecular weight is 385 g/mol. The first-order valence-electron chi connectivity index (χ1n) is 10.2. The third-order valence-corrected chi connectivity index (χ3v) is 5.08. The van der Waals surface area contributed by atoms with Crippen LogP contribution in [0.25, 0.3) is 10.8 Å². The zero-order valence-electron chi connectivity index (χ0n) is 17.1. The molecule has 0 saturated carbocycles. The van der Waals surface area contributed by atoms with Crippen LogP contribution in [0, 0.1) is 0 Å². The fourth-order valence-corrected chi connectivity index (χ4v) is 3.32. The van der Waals surface area contributed by atoms with E-state index in [4.69, 9.17) is 4.74 Å². The molecule has 0 heterocycles. The summed E-state index contributed by atoms with van der Waals surface area (Å²) < 4.78 is 5.71. The highest BCUT2D eigenvalue weighted by molar-refractivity contribution is 5.85. The number of likely N-dealkylation sites (N-methyl/N-ethyl adjacent to an activating group) is 1. The molecule has 0 atom stereocenters. The van der Waals surface area contributed by atoms with Crippen LogP contribution in [0.1, 0.15) is 25.8 Å². The topological polar surface area (TPSA) is 49.9 Å². The maximum absolute atomic E-state index is 12.4. The summed E-state index contributed by atoms with van der Waals surface area (Å²) in [6, 6.07) is 14.6. The van der Waals surface area contributed by atoms with Crippen LogP contribution < -0.4 is 0 Å². The van der Waals surface area contributed by atoms with Crippen molar-refractivity contribution in [2.24, 2.45) is 0 Å². The van der Waals surface area contributed by atoms with E-state index in [0.717, 1.165) is 32.3 Å². The summed E-state index contributed by atoms with van der Waals surface area (Å²) in [5.41, 5.74) is 1.26. The number of fused-ring (bicyclic) bond motifs is 1. The van der Waals surface area contributed by atoms with E-state index in [1.165, 1.54) is 16.3 Å². The number of hydrogen-bond donors (Lipinski definition) is 0. The lowest BCUT2D eigenvalue weighted by Gasteiger charge is -2.25. The molecular formula is C23H32N2O3. The van der Waals surface area contributed by atoms with Gasteiger partial charge in [0, 0.05) is 13.1 Å². The van der Waals surface area contributed by atoms with Gasteiger partial charge in [0.15, 0.2) is 0 Å². The molecule has 0 radical (unpaired) electrons. The molecule has 2 aromatic rings. The predicted octanol–water partition coefficient (Wildman–Crippen LogP) is 3.16. The quantitative estimate of drug-likeness (QED) is 0.393. The highest BCUT2D eigenvalue weighted by atomic mass is 16.5. The molecule has 2 aromatic carbocycles. The van der Waals surface area contributed by atoms with E-state index in [2.05, 4.69) is 49.1 Å². The van der Waals surface area contributed by atoms with Crippen LogP contribution in [0.4, 0.5) is 0 Å². The minimum atomic E-state index is -0.0237. The SMILES string of the molecule is CCN(CC)CCN(CC=O)C(=O)CCOCCc1cccc2ccccc12. The molecule has 0 fully saturated rings. The largest absolute Gasteiger partial charge is 0.381 e. The van der Waals surface area contributed by atoms with Gasteiger partial charge in [-0.25, -0.2) is 0 Å². The van der Waals surface area contributed by atoms with E-state index in [0.29, 0.717) is 26.2 Å². The fourth-order valence-electron chi connectivity index (χ4n) is 3.32. The number of benzene rings is 2. The monoisotopic (exact) mass is 384 g/mol. The van der Waals surface area contributed by atoms with Crippen molar-refractivity contribution in [2.75, 3.05) is 45.9 Å². The van der Waals surface area contributed by atoms with Gasteiger partial charge in [0.25, 0.3) is 0 Å². The highest BCUT2D eigenvalue weighted by Crippen LogP contribution is 2.18. The highest BCUT2D eigenvalue weighted by Gasteiger charge is 2.14. The van der Waals surface area contributed by atoms with Gasteiger partial charge >= 0.3 is 0 Å². The molecule has 28 heavy (non-hydrogen) atoms. The van der Waals surface area contributed by atoms with Crippen LogP contribution in [-0.2, 0) is 20.7 Å². The molecule has 0 unspecified atom stereocenters. The van der Waals surface area contributed by atoms with Gasteiger partial charge < -0.3 is 19.3 Å². The van der Waals surface area contributed by atoms with Gasteiger partial charge in [0.2, 0.25) is 5.91 Å². The Morgan fingerprint density at radius 1 is 1.00 bits per heavy atom. The van der Waals surface area contributed by atoms with Crippen molar-refractivity contribution in [3.8, 4) is 0 Å². The Labute approximate surface area is 168 Å². The molecule has 0 saturated heterocycles. The summed E-state index contributed by atoms with van der Waals surface area (Å²) in [4.78, 5) is 27.2. The first kappa shape index (κ1) is 22.1. The molecule has 2 rings (SSSR count). The van der Waals surface area contributed by atoms with Gasteiger partial charge in [-0.1, -0.05) is 56.3 Å². The van der Waals surface area contributed by atoms with Crippen LogP contribution in [0.5, 0.6) is 0 Å². The number of rotatable bonds is 13. The van der Waals surface area contributed by atoms with Crippen molar-refractivity contribution in [3.63, 3.8) is 0 Å². The third kappa shape index (κ3) is 6.73. The standard InChI is InChI=1S/C23H32N2O3/c1-3-24(4-2)14-15-25(16-17-26)23(27)13-19-28-18-12-21-10-7-9-20-8-5-6-11-22(20)21/h5-11,17H,3-4,12-16,18-19H2,1-2H3. The normalized spacial score (nSPS) is 11.1. The molecule has 0 aliphatic heterocycles. The summed E-state index contributed by atoms with van der Waals surface area (Å²) in [6.07, 6.45) is 1.92. The minimum absolute atomic E-state index is 0.0237. The number of carbonyl (C=O) groups is 2. The molecule has 0 bridgehead atoms. The summed E-state index contributed by atoms with van der Waals surface area (Å²) in [5.74, 6) is -0.0237. The van der Waals surface area contributed by atoms with Crippen molar-refractivity contribution >= 4 is 23.0 Å². The van der Waals surface area contributed by atoms with Crippen LogP contribution in [0.2, 0.25) is 0 Å². The predicted molar refractivity (Wildman–Crippen MR) is 114 cm³/mol. The Morgan fingerprint density at radius 2 is 1.75 bits per heavy atom. The van der Waals surface area contributed by atoms with Gasteiger partial charge in [0.1, 0.15) is 6.29 Å². The van der Waals surface area contributed by atoms with Crippen molar-refractivity contribution in [1.29, 1.82) is 0 Å². The Morgan fingerprint density at radius 3 is 2.50 bits per heavy atom. The van der Waals surface area contributed by atoms with Crippen molar-refractivity contribution < 1.29 is 14.3 Å². The number of carbonyl (C=O) groups excluding carboxylic acids is 2. The lowest BCUT2D eigenvalue weighted by atomic mass is 10.0. The van der Waals surface area contributed by atoms with Crippen LogP contribution >= 0.6 is 0 Å². The molecule has 0 aromatic heterocycles. The molecule has 1 amide bonds. The lowest BCUT2D eigenvalue weighted by molar-refractivity contribution is -0.134. The van der Waals surface area contributed by atoms with E-state index in [-0.39, 0.29) is 12.5 Å². The van der Waals surface area contributed by atoms with Crippen LogP contribution in [0.3, 0.4) is 0 Å². The molecular weight excluding hydrogens is 352 g/mol. The number of amides is 1. The summed E-state index contributed by atoms with van der Waals surface area (Å²) in [5, 5.41) is 2.48. The minimum Gasteiger partial charge on any atom is -0.381 e. The van der Waals surface area contributed by atoms with E-state index >= 15 is 0 Å². The maximum atomic E-state index is 12.4. The van der Waals surface area contributed by atoms with Gasteiger partial charge in [-0.15, -0.1) is 0 Å². The number of nitrogens with zero attached hydrogens (tertiary/aromatic N) is 2. The van der Waals surface area contributed by atoms with Gasteiger partial charge in [0.05, 0.1) is 26.2 Å². The van der Waals surface area contributed by atoms with E-state index in [9.17, 15) is 9.59 Å². The Kier molecular flexibility index (Phi) is 9.66. The smallest absolute Gasteiger partial charge is 0.225 e.